The second-order valence-electron chi connectivity index (χ2n) is 6.02. The SMILES string of the molecule is COc1ccc(CN2C[C@H](C(=O)Nc3ccc(F)cc3)CC2=O)cc1. The van der Waals surface area contributed by atoms with Gasteiger partial charge in [-0.2, -0.15) is 0 Å². The lowest BCUT2D eigenvalue weighted by Crippen LogP contribution is -2.28. The van der Waals surface area contributed by atoms with Gasteiger partial charge in [0.15, 0.2) is 0 Å². The van der Waals surface area contributed by atoms with Gasteiger partial charge in [-0.05, 0) is 42.0 Å². The number of halogens is 1. The number of ether oxygens (including phenoxy) is 1. The topological polar surface area (TPSA) is 58.6 Å². The maximum absolute atomic E-state index is 12.9. The maximum atomic E-state index is 12.9. The molecule has 0 aromatic heterocycles. The quantitative estimate of drug-likeness (QED) is 0.909. The molecule has 25 heavy (non-hydrogen) atoms. The molecule has 1 aliphatic heterocycles. The van der Waals surface area contributed by atoms with Crippen LogP contribution in [0.5, 0.6) is 5.75 Å². The fourth-order valence-corrected chi connectivity index (χ4v) is 2.83. The van der Waals surface area contributed by atoms with Crippen LogP contribution in [0.3, 0.4) is 0 Å². The Morgan fingerprint density at radius 2 is 1.88 bits per heavy atom. The van der Waals surface area contributed by atoms with E-state index in [0.717, 1.165) is 11.3 Å². The van der Waals surface area contributed by atoms with Crippen LogP contribution in [0.2, 0.25) is 0 Å². The molecule has 1 N–H and O–H groups in total. The first-order chi connectivity index (χ1) is 12.0. The number of rotatable bonds is 5. The number of anilines is 1. The Balaban J connectivity index is 1.59. The van der Waals surface area contributed by atoms with Crippen molar-refractivity contribution >= 4 is 17.5 Å². The van der Waals surface area contributed by atoms with Crippen molar-refractivity contribution in [2.75, 3.05) is 19.0 Å². The third kappa shape index (κ3) is 4.15. The highest BCUT2D eigenvalue weighted by molar-refractivity contribution is 5.97. The molecule has 0 aliphatic carbocycles. The van der Waals surface area contributed by atoms with Gasteiger partial charge in [-0.25, -0.2) is 4.39 Å². The molecule has 1 saturated heterocycles. The van der Waals surface area contributed by atoms with E-state index in [4.69, 9.17) is 4.74 Å². The summed E-state index contributed by atoms with van der Waals surface area (Å²) >= 11 is 0. The van der Waals surface area contributed by atoms with Crippen LogP contribution in [0.1, 0.15) is 12.0 Å². The van der Waals surface area contributed by atoms with Crippen LogP contribution in [0.4, 0.5) is 10.1 Å². The van der Waals surface area contributed by atoms with Crippen LogP contribution in [0.15, 0.2) is 48.5 Å². The number of carbonyl (C=O) groups excluding carboxylic acids is 2. The zero-order chi connectivity index (χ0) is 17.8. The Morgan fingerprint density at radius 3 is 2.52 bits per heavy atom. The Morgan fingerprint density at radius 1 is 1.20 bits per heavy atom. The number of benzene rings is 2. The average molecular weight is 342 g/mol. The first kappa shape index (κ1) is 17.0. The molecule has 5 nitrogen and oxygen atoms in total. The maximum Gasteiger partial charge on any atom is 0.229 e. The van der Waals surface area contributed by atoms with E-state index in [9.17, 15) is 14.0 Å². The van der Waals surface area contributed by atoms with Crippen molar-refractivity contribution in [1.82, 2.24) is 4.90 Å². The number of hydrogen-bond donors (Lipinski definition) is 1. The molecule has 0 unspecified atom stereocenters. The molecule has 0 radical (unpaired) electrons. The lowest BCUT2D eigenvalue weighted by atomic mass is 10.1. The fraction of sp³-hybridized carbons (Fsp3) is 0.263. The molecule has 0 saturated carbocycles. The van der Waals surface area contributed by atoms with Gasteiger partial charge in [0.1, 0.15) is 11.6 Å². The van der Waals surface area contributed by atoms with Crippen molar-refractivity contribution in [3.8, 4) is 5.75 Å². The number of amides is 2. The highest BCUT2D eigenvalue weighted by Crippen LogP contribution is 2.23. The first-order valence-corrected chi connectivity index (χ1v) is 8.02. The minimum atomic E-state index is -0.407. The lowest BCUT2D eigenvalue weighted by molar-refractivity contribution is -0.128. The minimum absolute atomic E-state index is 0.0462. The fourth-order valence-electron chi connectivity index (χ4n) is 2.83. The van der Waals surface area contributed by atoms with E-state index in [-0.39, 0.29) is 24.1 Å². The van der Waals surface area contributed by atoms with E-state index in [2.05, 4.69) is 5.32 Å². The number of carbonyl (C=O) groups is 2. The van der Waals surface area contributed by atoms with Gasteiger partial charge in [0.25, 0.3) is 0 Å². The van der Waals surface area contributed by atoms with Crippen molar-refractivity contribution in [3.63, 3.8) is 0 Å². The summed E-state index contributed by atoms with van der Waals surface area (Å²) in [5, 5.41) is 2.73. The Bertz CT molecular complexity index is 759. The molecule has 1 aliphatic rings. The molecular formula is C19H19FN2O3. The van der Waals surface area contributed by atoms with E-state index in [0.29, 0.717) is 18.8 Å². The van der Waals surface area contributed by atoms with E-state index in [1.165, 1.54) is 24.3 Å². The largest absolute Gasteiger partial charge is 0.497 e. The molecule has 2 amide bonds. The van der Waals surface area contributed by atoms with Gasteiger partial charge in [0, 0.05) is 25.2 Å². The van der Waals surface area contributed by atoms with Crippen LogP contribution in [-0.2, 0) is 16.1 Å². The van der Waals surface area contributed by atoms with Crippen molar-refractivity contribution in [3.05, 3.63) is 59.9 Å². The van der Waals surface area contributed by atoms with Crippen molar-refractivity contribution in [2.45, 2.75) is 13.0 Å². The molecule has 130 valence electrons. The van der Waals surface area contributed by atoms with E-state index in [1.807, 2.05) is 24.3 Å². The van der Waals surface area contributed by atoms with Crippen LogP contribution in [-0.4, -0.2) is 30.4 Å². The van der Waals surface area contributed by atoms with Gasteiger partial charge >= 0.3 is 0 Å². The third-order valence-corrected chi connectivity index (χ3v) is 4.23. The standard InChI is InChI=1S/C19H19FN2O3/c1-25-17-8-2-13(3-9-17)11-22-12-14(10-18(22)23)19(24)21-16-6-4-15(20)5-7-16/h2-9,14H,10-12H2,1H3,(H,21,24)/t14-/m1/s1. The minimum Gasteiger partial charge on any atom is -0.497 e. The van der Waals surface area contributed by atoms with Crippen LogP contribution < -0.4 is 10.1 Å². The summed E-state index contributed by atoms with van der Waals surface area (Å²) < 4.78 is 18.0. The van der Waals surface area contributed by atoms with Crippen molar-refractivity contribution in [1.29, 1.82) is 0 Å². The smallest absolute Gasteiger partial charge is 0.229 e. The average Bonchev–Trinajstić information content (AvgIpc) is 2.98. The summed E-state index contributed by atoms with van der Waals surface area (Å²) in [4.78, 5) is 26.2. The predicted octanol–water partition coefficient (Wildman–Crippen LogP) is 2.82. The second kappa shape index (κ2) is 7.34. The van der Waals surface area contributed by atoms with Gasteiger partial charge in [-0.3, -0.25) is 9.59 Å². The molecule has 0 spiro atoms. The van der Waals surface area contributed by atoms with E-state index >= 15 is 0 Å². The normalized spacial score (nSPS) is 16.8. The van der Waals surface area contributed by atoms with E-state index in [1.54, 1.807) is 12.0 Å². The van der Waals surface area contributed by atoms with Crippen LogP contribution in [0, 0.1) is 11.7 Å². The zero-order valence-electron chi connectivity index (χ0n) is 13.9. The highest BCUT2D eigenvalue weighted by Gasteiger charge is 2.34. The Labute approximate surface area is 145 Å². The summed E-state index contributed by atoms with van der Waals surface area (Å²) in [7, 11) is 1.60. The lowest BCUT2D eigenvalue weighted by Gasteiger charge is -2.17. The molecule has 6 heteroatoms. The van der Waals surface area contributed by atoms with Gasteiger partial charge in [0.2, 0.25) is 11.8 Å². The van der Waals surface area contributed by atoms with Crippen molar-refractivity contribution in [2.24, 2.45) is 5.92 Å². The Hall–Kier alpha value is -2.89. The van der Waals surface area contributed by atoms with Gasteiger partial charge in [0.05, 0.1) is 13.0 Å². The summed E-state index contributed by atoms with van der Waals surface area (Å²) in [5.74, 6) is -0.282. The third-order valence-electron chi connectivity index (χ3n) is 4.23. The molecule has 3 rings (SSSR count). The Kier molecular flexibility index (Phi) is 4.97. The second-order valence-corrected chi connectivity index (χ2v) is 6.02. The molecule has 0 bridgehead atoms. The summed E-state index contributed by atoms with van der Waals surface area (Å²) in [6.45, 7) is 0.834. The molecule has 1 atom stereocenters. The number of nitrogens with one attached hydrogen (secondary N) is 1. The zero-order valence-corrected chi connectivity index (χ0v) is 13.9. The summed E-state index contributed by atoms with van der Waals surface area (Å²) in [6, 6.07) is 13.0. The van der Waals surface area contributed by atoms with Crippen LogP contribution in [0.25, 0.3) is 0 Å². The van der Waals surface area contributed by atoms with Crippen molar-refractivity contribution < 1.29 is 18.7 Å². The number of methoxy groups -OCH3 is 1. The van der Waals surface area contributed by atoms with Crippen LogP contribution >= 0.6 is 0 Å². The number of nitrogens with zero attached hydrogens (tertiary/aromatic N) is 1. The molecule has 1 fully saturated rings. The monoisotopic (exact) mass is 342 g/mol. The van der Waals surface area contributed by atoms with Gasteiger partial charge in [-0.15, -0.1) is 0 Å². The number of likely N-dealkylation sites (tertiary alicyclic amines) is 1. The van der Waals surface area contributed by atoms with Gasteiger partial charge < -0.3 is 15.0 Å². The van der Waals surface area contributed by atoms with E-state index < -0.39 is 5.92 Å². The predicted molar refractivity (Wildman–Crippen MR) is 91.5 cm³/mol. The highest BCUT2D eigenvalue weighted by atomic mass is 19.1. The summed E-state index contributed by atoms with van der Waals surface area (Å²) in [5.41, 5.74) is 1.50. The molecular weight excluding hydrogens is 323 g/mol. The summed E-state index contributed by atoms with van der Waals surface area (Å²) in [6.07, 6.45) is 0.184. The van der Waals surface area contributed by atoms with Gasteiger partial charge in [-0.1, -0.05) is 12.1 Å². The number of hydrogen-bond acceptors (Lipinski definition) is 3. The first-order valence-electron chi connectivity index (χ1n) is 8.02. The molecule has 1 heterocycles. The molecule has 2 aromatic rings. The molecule has 2 aromatic carbocycles.